The highest BCUT2D eigenvalue weighted by molar-refractivity contribution is 5.81. The van der Waals surface area contributed by atoms with Crippen LogP contribution in [0.2, 0.25) is 0 Å². The molecule has 7 nitrogen and oxygen atoms in total. The van der Waals surface area contributed by atoms with Gasteiger partial charge in [0.1, 0.15) is 0 Å². The lowest BCUT2D eigenvalue weighted by molar-refractivity contribution is 0.604. The van der Waals surface area contributed by atoms with Gasteiger partial charge in [-0.3, -0.25) is 9.36 Å². The van der Waals surface area contributed by atoms with E-state index in [9.17, 15) is 9.59 Å². The first-order chi connectivity index (χ1) is 11.5. The number of rotatable bonds is 4. The maximum absolute atomic E-state index is 12.7. The van der Waals surface area contributed by atoms with Crippen LogP contribution in [0, 0.1) is 13.8 Å². The maximum atomic E-state index is 12.7. The quantitative estimate of drug-likeness (QED) is 0.722. The van der Waals surface area contributed by atoms with Crippen LogP contribution in [-0.4, -0.2) is 25.6 Å². The van der Waals surface area contributed by atoms with E-state index in [0.29, 0.717) is 37.4 Å². The van der Waals surface area contributed by atoms with Crippen LogP contribution < -0.4 is 17.0 Å². The summed E-state index contributed by atoms with van der Waals surface area (Å²) in [6.07, 6.45) is 0.678. The Morgan fingerprint density at radius 2 is 1.75 bits per heavy atom. The zero-order valence-electron chi connectivity index (χ0n) is 14.2. The summed E-state index contributed by atoms with van der Waals surface area (Å²) in [6, 6.07) is 3.95. The average Bonchev–Trinajstić information content (AvgIpc) is 2.54. The van der Waals surface area contributed by atoms with Crippen LogP contribution >= 0.6 is 0 Å². The Morgan fingerprint density at radius 1 is 1.04 bits per heavy atom. The van der Waals surface area contributed by atoms with Crippen LogP contribution in [0.5, 0.6) is 0 Å². The summed E-state index contributed by atoms with van der Waals surface area (Å²) in [5.41, 5.74) is 8.76. The minimum atomic E-state index is -0.537. The lowest BCUT2D eigenvalue weighted by Gasteiger charge is -2.18. The van der Waals surface area contributed by atoms with Crippen molar-refractivity contribution in [2.45, 2.75) is 40.3 Å². The van der Waals surface area contributed by atoms with Crippen LogP contribution in [0.3, 0.4) is 0 Å². The number of aryl methyl sites for hydroxylation is 2. The SMILES string of the molecule is CCCn1c(=O)nc2n(CCN)c3cc(C)c(C)cc3nc-2c1=O. The van der Waals surface area contributed by atoms with Gasteiger partial charge >= 0.3 is 5.69 Å². The molecule has 1 aromatic carbocycles. The summed E-state index contributed by atoms with van der Waals surface area (Å²) in [6.45, 7) is 7.09. The molecule has 2 heterocycles. The van der Waals surface area contributed by atoms with Crippen molar-refractivity contribution in [3.8, 4) is 11.5 Å². The molecule has 3 rings (SSSR count). The van der Waals surface area contributed by atoms with E-state index in [1.807, 2.05) is 37.5 Å². The molecule has 0 spiro atoms. The molecule has 0 radical (unpaired) electrons. The molecule has 0 amide bonds. The molecule has 126 valence electrons. The average molecular weight is 327 g/mol. The van der Waals surface area contributed by atoms with Crippen LogP contribution in [-0.2, 0) is 13.1 Å². The van der Waals surface area contributed by atoms with Crippen molar-refractivity contribution in [2.75, 3.05) is 6.54 Å². The smallest absolute Gasteiger partial charge is 0.329 e. The first kappa shape index (κ1) is 16.3. The van der Waals surface area contributed by atoms with Gasteiger partial charge in [-0.2, -0.15) is 4.98 Å². The van der Waals surface area contributed by atoms with Crippen molar-refractivity contribution in [2.24, 2.45) is 5.73 Å². The number of fused-ring (bicyclic) bond motifs is 2. The normalized spacial score (nSPS) is 11.5. The van der Waals surface area contributed by atoms with Crippen molar-refractivity contribution in [3.05, 3.63) is 44.1 Å². The summed E-state index contributed by atoms with van der Waals surface area (Å²) >= 11 is 0. The highest BCUT2D eigenvalue weighted by Crippen LogP contribution is 2.23. The van der Waals surface area contributed by atoms with Crippen LogP contribution in [0.1, 0.15) is 24.5 Å². The van der Waals surface area contributed by atoms with E-state index in [-0.39, 0.29) is 5.69 Å². The summed E-state index contributed by atoms with van der Waals surface area (Å²) in [5.74, 6) is 0.304. The van der Waals surface area contributed by atoms with Gasteiger partial charge in [0.15, 0.2) is 11.5 Å². The molecule has 2 aliphatic rings. The molecule has 2 aliphatic heterocycles. The summed E-state index contributed by atoms with van der Waals surface area (Å²) in [4.78, 5) is 33.6. The standard InChI is InChI=1S/C17H21N5O2/c1-4-6-22-16(23)14-15(20-17(22)24)21(7-5-18)13-9-11(3)10(2)8-12(13)19-14/h8-9H,4-7,18H2,1-3H3. The van der Waals surface area contributed by atoms with Gasteiger partial charge in [-0.25, -0.2) is 9.78 Å². The largest absolute Gasteiger partial charge is 0.352 e. The number of aromatic nitrogens is 4. The number of nitrogens with two attached hydrogens (primary N) is 1. The van der Waals surface area contributed by atoms with Crippen molar-refractivity contribution >= 4 is 11.0 Å². The third-order valence-corrected chi connectivity index (χ3v) is 4.26. The topological polar surface area (TPSA) is 95.8 Å². The fourth-order valence-electron chi connectivity index (χ4n) is 2.90. The molecule has 0 aromatic heterocycles. The van der Waals surface area contributed by atoms with Crippen LogP contribution in [0.4, 0.5) is 0 Å². The predicted octanol–water partition coefficient (Wildman–Crippen LogP) is 1.04. The van der Waals surface area contributed by atoms with E-state index in [2.05, 4.69) is 9.97 Å². The molecule has 0 bridgehead atoms. The zero-order valence-corrected chi connectivity index (χ0v) is 14.2. The van der Waals surface area contributed by atoms with E-state index >= 15 is 0 Å². The van der Waals surface area contributed by atoms with Crippen LogP contribution in [0.25, 0.3) is 22.6 Å². The third-order valence-electron chi connectivity index (χ3n) is 4.26. The van der Waals surface area contributed by atoms with Gasteiger partial charge in [-0.15, -0.1) is 0 Å². The molecule has 0 fully saturated rings. The minimum Gasteiger partial charge on any atom is -0.329 e. The van der Waals surface area contributed by atoms with Gasteiger partial charge in [0.05, 0.1) is 11.0 Å². The Morgan fingerprint density at radius 3 is 2.42 bits per heavy atom. The van der Waals surface area contributed by atoms with Crippen molar-refractivity contribution in [1.29, 1.82) is 0 Å². The summed E-state index contributed by atoms with van der Waals surface area (Å²) in [5, 5.41) is 0. The van der Waals surface area contributed by atoms with Gasteiger partial charge < -0.3 is 10.3 Å². The summed E-state index contributed by atoms with van der Waals surface area (Å²) in [7, 11) is 0. The molecule has 0 unspecified atom stereocenters. The van der Waals surface area contributed by atoms with Crippen molar-refractivity contribution in [1.82, 2.24) is 19.1 Å². The summed E-state index contributed by atoms with van der Waals surface area (Å²) < 4.78 is 2.97. The Labute approximate surface area is 139 Å². The first-order valence-corrected chi connectivity index (χ1v) is 8.10. The second-order valence-corrected chi connectivity index (χ2v) is 6.00. The lowest BCUT2D eigenvalue weighted by atomic mass is 10.1. The van der Waals surface area contributed by atoms with E-state index in [1.54, 1.807) is 0 Å². The molecule has 0 saturated heterocycles. The fourth-order valence-corrected chi connectivity index (χ4v) is 2.90. The van der Waals surface area contributed by atoms with E-state index < -0.39 is 11.2 Å². The molecular weight excluding hydrogens is 306 g/mol. The second kappa shape index (κ2) is 6.16. The van der Waals surface area contributed by atoms with E-state index in [4.69, 9.17) is 5.73 Å². The second-order valence-electron chi connectivity index (χ2n) is 6.00. The van der Waals surface area contributed by atoms with Gasteiger partial charge in [0.25, 0.3) is 5.56 Å². The Kier molecular flexibility index (Phi) is 4.19. The van der Waals surface area contributed by atoms with Gasteiger partial charge in [-0.1, -0.05) is 6.92 Å². The first-order valence-electron chi connectivity index (χ1n) is 8.10. The molecular formula is C17H21N5O2. The Bertz CT molecular complexity index is 1000. The Balaban J connectivity index is 2.50. The van der Waals surface area contributed by atoms with Crippen molar-refractivity contribution in [3.63, 3.8) is 0 Å². The fraction of sp³-hybridized carbons (Fsp3) is 0.412. The predicted molar refractivity (Wildman–Crippen MR) is 93.5 cm³/mol. The number of hydrogen-bond donors (Lipinski definition) is 1. The highest BCUT2D eigenvalue weighted by atomic mass is 16.2. The minimum absolute atomic E-state index is 0.215. The maximum Gasteiger partial charge on any atom is 0.352 e. The van der Waals surface area contributed by atoms with E-state index in [0.717, 1.165) is 21.2 Å². The number of hydrogen-bond acceptors (Lipinski definition) is 5. The lowest BCUT2D eigenvalue weighted by Crippen LogP contribution is -2.38. The molecule has 24 heavy (non-hydrogen) atoms. The van der Waals surface area contributed by atoms with Gasteiger partial charge in [-0.05, 0) is 43.5 Å². The van der Waals surface area contributed by atoms with Crippen molar-refractivity contribution < 1.29 is 0 Å². The molecule has 2 N–H and O–H groups in total. The van der Waals surface area contributed by atoms with Gasteiger partial charge in [0, 0.05) is 19.6 Å². The molecule has 0 atom stereocenters. The molecule has 0 saturated carbocycles. The number of nitrogens with zero attached hydrogens (tertiary/aromatic N) is 4. The van der Waals surface area contributed by atoms with Gasteiger partial charge in [0.2, 0.25) is 0 Å². The highest BCUT2D eigenvalue weighted by Gasteiger charge is 2.21. The third kappa shape index (κ3) is 2.50. The molecule has 1 aromatic rings. The molecule has 0 aliphatic carbocycles. The monoisotopic (exact) mass is 327 g/mol. The Hall–Kier alpha value is -2.54. The molecule has 7 heteroatoms. The zero-order chi connectivity index (χ0) is 17.4. The van der Waals surface area contributed by atoms with Crippen LogP contribution in [0.15, 0.2) is 21.7 Å². The number of benzene rings is 1. The van der Waals surface area contributed by atoms with E-state index in [1.165, 1.54) is 0 Å².